The molecule has 5 aliphatic carbocycles. The van der Waals surface area contributed by atoms with Gasteiger partial charge in [0.1, 0.15) is 0 Å². The Bertz CT molecular complexity index is 2470. The van der Waals surface area contributed by atoms with E-state index in [0.717, 1.165) is 11.8 Å². The van der Waals surface area contributed by atoms with Crippen LogP contribution in [-0.2, 0) is 5.41 Å². The van der Waals surface area contributed by atoms with Crippen molar-refractivity contribution in [2.45, 2.75) is 44.4 Å². The average Bonchev–Trinajstić information content (AvgIpc) is 3.51. The molecule has 1 nitrogen and oxygen atoms in total. The van der Waals surface area contributed by atoms with Crippen LogP contribution in [0.1, 0.15) is 48.8 Å². The van der Waals surface area contributed by atoms with Crippen LogP contribution in [0.5, 0.6) is 0 Å². The van der Waals surface area contributed by atoms with Crippen molar-refractivity contribution in [3.63, 3.8) is 0 Å². The quantitative estimate of drug-likeness (QED) is 0.167. The molecular formula is C53H45N. The minimum Gasteiger partial charge on any atom is -0.310 e. The summed E-state index contributed by atoms with van der Waals surface area (Å²) in [5, 5.41) is 0. The fourth-order valence-corrected chi connectivity index (χ4v) is 11.7. The molecule has 0 aliphatic heterocycles. The van der Waals surface area contributed by atoms with Crippen molar-refractivity contribution in [1.29, 1.82) is 0 Å². The van der Waals surface area contributed by atoms with Gasteiger partial charge in [0, 0.05) is 22.5 Å². The molecule has 0 aromatic heterocycles. The van der Waals surface area contributed by atoms with E-state index < -0.39 is 0 Å². The summed E-state index contributed by atoms with van der Waals surface area (Å²) in [7, 11) is 0. The number of fused-ring (bicyclic) bond motifs is 3. The summed E-state index contributed by atoms with van der Waals surface area (Å²) in [6.07, 6.45) is 6.91. The molecule has 0 heterocycles. The summed E-state index contributed by atoms with van der Waals surface area (Å²) in [5.41, 5.74) is 18.8. The van der Waals surface area contributed by atoms with Gasteiger partial charge >= 0.3 is 0 Å². The third-order valence-corrected chi connectivity index (χ3v) is 13.7. The van der Waals surface area contributed by atoms with Gasteiger partial charge in [0.05, 0.1) is 0 Å². The Morgan fingerprint density at radius 3 is 1.48 bits per heavy atom. The predicted molar refractivity (Wildman–Crippen MR) is 225 cm³/mol. The lowest BCUT2D eigenvalue weighted by molar-refractivity contribution is -0.0399. The van der Waals surface area contributed by atoms with Gasteiger partial charge < -0.3 is 4.90 Å². The third-order valence-electron chi connectivity index (χ3n) is 13.7. The smallest absolute Gasteiger partial charge is 0.0465 e. The van der Waals surface area contributed by atoms with Crippen molar-refractivity contribution < 1.29 is 0 Å². The number of benzene rings is 7. The van der Waals surface area contributed by atoms with Gasteiger partial charge in [0.15, 0.2) is 0 Å². The lowest BCUT2D eigenvalue weighted by Crippen LogP contribution is -2.55. The van der Waals surface area contributed by atoms with Crippen LogP contribution < -0.4 is 4.90 Å². The van der Waals surface area contributed by atoms with Crippen LogP contribution in [0, 0.1) is 30.6 Å². The van der Waals surface area contributed by atoms with Crippen molar-refractivity contribution in [2.75, 3.05) is 4.90 Å². The molecule has 0 N–H and O–H groups in total. The second kappa shape index (κ2) is 12.5. The second-order valence-electron chi connectivity index (χ2n) is 16.7. The molecule has 7 aromatic rings. The summed E-state index contributed by atoms with van der Waals surface area (Å²) in [4.78, 5) is 2.49. The third kappa shape index (κ3) is 4.91. The Balaban J connectivity index is 1.08. The zero-order valence-electron chi connectivity index (χ0n) is 31.0. The molecule has 0 atom stereocenters. The Hall–Kier alpha value is -5.66. The lowest BCUT2D eigenvalue weighted by Gasteiger charge is -2.61. The fraction of sp³-hybridized carbons (Fsp3) is 0.208. The summed E-state index contributed by atoms with van der Waals surface area (Å²) < 4.78 is 0. The normalized spacial score (nSPS) is 23.0. The standard InChI is InChI=1S/C53H45N/c1-35-16-21-44(22-17-35)54(45-23-18-39(19-24-45)38-10-4-2-5-11-38)46-25-27-50-49-26-20-41(48-15-9-8-14-47(48)40-12-6-3-7-13-40)33-51(49)53(52(50)34-46)42-29-36-28-37(31-42)32-43(53)30-36/h2-27,33-34,36-37,42-43H,28-32H2,1H3. The SMILES string of the molecule is Cc1ccc(N(c2ccc(-c3ccccc3)cc2)c2ccc3c(c2)C2(c4cc(-c5ccccc5-c5ccccc5)ccc4-3)C3CC4CC(C3)CC2C4)cc1. The van der Waals surface area contributed by atoms with Crippen LogP contribution in [0.15, 0.2) is 170 Å². The average molecular weight is 696 g/mol. The first-order valence-electron chi connectivity index (χ1n) is 20.1. The van der Waals surface area contributed by atoms with E-state index >= 15 is 0 Å². The molecule has 0 unspecified atom stereocenters. The molecular weight excluding hydrogens is 651 g/mol. The first kappa shape index (κ1) is 31.8. The van der Waals surface area contributed by atoms with Crippen molar-refractivity contribution in [3.8, 4) is 44.5 Å². The number of hydrogen-bond acceptors (Lipinski definition) is 1. The highest BCUT2D eigenvalue weighted by atomic mass is 15.1. The zero-order chi connectivity index (χ0) is 35.8. The largest absolute Gasteiger partial charge is 0.310 e. The molecule has 0 radical (unpaired) electrons. The summed E-state index contributed by atoms with van der Waals surface area (Å²) >= 11 is 0. The molecule has 1 spiro atoms. The highest BCUT2D eigenvalue weighted by molar-refractivity contribution is 5.90. The van der Waals surface area contributed by atoms with Crippen molar-refractivity contribution >= 4 is 17.1 Å². The molecule has 4 fully saturated rings. The van der Waals surface area contributed by atoms with Gasteiger partial charge in [-0.2, -0.15) is 0 Å². The van der Waals surface area contributed by atoms with Crippen LogP contribution in [0.2, 0.25) is 0 Å². The van der Waals surface area contributed by atoms with Crippen LogP contribution in [0.25, 0.3) is 44.5 Å². The number of hydrogen-bond donors (Lipinski definition) is 0. The minimum absolute atomic E-state index is 0.0436. The Kier molecular flexibility index (Phi) is 7.34. The molecule has 0 saturated heterocycles. The topological polar surface area (TPSA) is 3.24 Å². The predicted octanol–water partition coefficient (Wildman–Crippen LogP) is 14.2. The Labute approximate surface area is 320 Å². The van der Waals surface area contributed by atoms with Gasteiger partial charge in [0.2, 0.25) is 0 Å². The maximum Gasteiger partial charge on any atom is 0.0465 e. The van der Waals surface area contributed by atoms with Crippen LogP contribution >= 0.6 is 0 Å². The zero-order valence-corrected chi connectivity index (χ0v) is 31.0. The number of nitrogens with zero attached hydrogens (tertiary/aromatic N) is 1. The molecule has 1 heteroatoms. The van der Waals surface area contributed by atoms with E-state index in [2.05, 4.69) is 182 Å². The van der Waals surface area contributed by atoms with Gasteiger partial charge in [-0.05, 0) is 161 Å². The highest BCUT2D eigenvalue weighted by Gasteiger charge is 2.61. The van der Waals surface area contributed by atoms with E-state index in [0.29, 0.717) is 11.8 Å². The van der Waals surface area contributed by atoms with Gasteiger partial charge in [-0.3, -0.25) is 0 Å². The van der Waals surface area contributed by atoms with E-state index in [1.54, 1.807) is 11.1 Å². The maximum atomic E-state index is 2.64. The van der Waals surface area contributed by atoms with Crippen molar-refractivity contribution in [3.05, 3.63) is 187 Å². The molecule has 5 aliphatic rings. The number of anilines is 3. The molecule has 262 valence electrons. The lowest BCUT2D eigenvalue weighted by atomic mass is 9.43. The van der Waals surface area contributed by atoms with E-state index in [-0.39, 0.29) is 5.41 Å². The highest BCUT2D eigenvalue weighted by Crippen LogP contribution is 2.70. The molecule has 4 bridgehead atoms. The summed E-state index contributed by atoms with van der Waals surface area (Å²) in [6, 6.07) is 63.9. The van der Waals surface area contributed by atoms with Crippen LogP contribution in [0.4, 0.5) is 17.1 Å². The molecule has 54 heavy (non-hydrogen) atoms. The first-order valence-corrected chi connectivity index (χ1v) is 20.1. The van der Waals surface area contributed by atoms with E-state index in [4.69, 9.17) is 0 Å². The number of rotatable bonds is 6. The van der Waals surface area contributed by atoms with Gasteiger partial charge in [-0.25, -0.2) is 0 Å². The van der Waals surface area contributed by atoms with Gasteiger partial charge in [0.25, 0.3) is 0 Å². The van der Waals surface area contributed by atoms with E-state index in [1.807, 2.05) is 0 Å². The molecule has 7 aromatic carbocycles. The van der Waals surface area contributed by atoms with Crippen LogP contribution in [0.3, 0.4) is 0 Å². The molecule has 12 rings (SSSR count). The molecule has 0 amide bonds. The molecule has 4 saturated carbocycles. The van der Waals surface area contributed by atoms with E-state index in [9.17, 15) is 0 Å². The minimum atomic E-state index is 0.0436. The first-order chi connectivity index (χ1) is 26.6. The van der Waals surface area contributed by atoms with Gasteiger partial charge in [-0.1, -0.05) is 133 Å². The van der Waals surface area contributed by atoms with E-state index in [1.165, 1.54) is 99.2 Å². The second-order valence-corrected chi connectivity index (χ2v) is 16.7. The van der Waals surface area contributed by atoms with Crippen molar-refractivity contribution in [1.82, 2.24) is 0 Å². The summed E-state index contributed by atoms with van der Waals surface area (Å²) in [6.45, 7) is 2.18. The van der Waals surface area contributed by atoms with Gasteiger partial charge in [-0.15, -0.1) is 0 Å². The maximum absolute atomic E-state index is 2.64. The Morgan fingerprint density at radius 1 is 0.389 bits per heavy atom. The van der Waals surface area contributed by atoms with Crippen molar-refractivity contribution in [2.24, 2.45) is 23.7 Å². The number of aryl methyl sites for hydroxylation is 1. The fourth-order valence-electron chi connectivity index (χ4n) is 11.7. The summed E-state index contributed by atoms with van der Waals surface area (Å²) in [5.74, 6) is 3.15. The monoisotopic (exact) mass is 695 g/mol. The van der Waals surface area contributed by atoms with Crippen LogP contribution in [-0.4, -0.2) is 0 Å². The Morgan fingerprint density at radius 2 is 0.852 bits per heavy atom.